The Kier molecular flexibility index (Phi) is 3.09. The van der Waals surface area contributed by atoms with E-state index in [0.29, 0.717) is 6.10 Å². The molecule has 1 aliphatic rings. The summed E-state index contributed by atoms with van der Waals surface area (Å²) in [4.78, 5) is 2.16. The van der Waals surface area contributed by atoms with E-state index in [1.165, 1.54) is 0 Å². The van der Waals surface area contributed by atoms with Crippen LogP contribution in [0.25, 0.3) is 0 Å². The molecule has 1 aliphatic heterocycles. The first-order chi connectivity index (χ1) is 4.86. The molecule has 1 fully saturated rings. The second kappa shape index (κ2) is 3.88. The van der Waals surface area contributed by atoms with Crippen LogP contribution >= 0.6 is 12.2 Å². The van der Waals surface area contributed by atoms with Crippen molar-refractivity contribution in [3.63, 3.8) is 0 Å². The topological polar surface area (TPSA) is 12.5 Å². The first kappa shape index (κ1) is 7.95. The molecule has 2 nitrogen and oxygen atoms in total. The summed E-state index contributed by atoms with van der Waals surface area (Å²) in [6.45, 7) is 2.12. The fraction of sp³-hybridized carbons (Fsp3) is 0.857. The van der Waals surface area contributed by atoms with E-state index in [2.05, 4.69) is 4.90 Å². The zero-order valence-corrected chi connectivity index (χ0v) is 7.06. The standard InChI is InChI=1S/C7H13NOS/c1-9-7-2-4-8(6-10)5-3-7/h6-7H,2-5H2,1H3. The maximum Gasteiger partial charge on any atom is 0.0640 e. The van der Waals surface area contributed by atoms with E-state index in [4.69, 9.17) is 17.0 Å². The van der Waals surface area contributed by atoms with Crippen LogP contribution in [-0.4, -0.2) is 36.7 Å². The molecule has 0 aromatic carbocycles. The van der Waals surface area contributed by atoms with Crippen molar-refractivity contribution in [2.75, 3.05) is 20.2 Å². The summed E-state index contributed by atoms with van der Waals surface area (Å²) in [5.74, 6) is 0. The zero-order chi connectivity index (χ0) is 7.40. The maximum absolute atomic E-state index is 5.21. The average molecular weight is 159 g/mol. The molecule has 0 bridgehead atoms. The highest BCUT2D eigenvalue weighted by atomic mass is 32.1. The normalized spacial score (nSPS) is 21.1. The van der Waals surface area contributed by atoms with Gasteiger partial charge in [0.2, 0.25) is 0 Å². The highest BCUT2D eigenvalue weighted by molar-refractivity contribution is 7.78. The summed E-state index contributed by atoms with van der Waals surface area (Å²) in [6.07, 6.45) is 2.69. The maximum atomic E-state index is 5.21. The van der Waals surface area contributed by atoms with Crippen LogP contribution in [0, 0.1) is 0 Å². The van der Waals surface area contributed by atoms with Gasteiger partial charge in [-0.15, -0.1) is 0 Å². The van der Waals surface area contributed by atoms with Gasteiger partial charge in [0.05, 0.1) is 11.6 Å². The second-order valence-electron chi connectivity index (χ2n) is 2.58. The molecule has 1 heterocycles. The predicted molar refractivity (Wildman–Crippen MR) is 45.3 cm³/mol. The molecule has 58 valence electrons. The van der Waals surface area contributed by atoms with Crippen molar-refractivity contribution >= 4 is 17.7 Å². The van der Waals surface area contributed by atoms with Crippen molar-refractivity contribution in [2.24, 2.45) is 0 Å². The Morgan fingerprint density at radius 1 is 1.50 bits per heavy atom. The van der Waals surface area contributed by atoms with Crippen molar-refractivity contribution in [1.29, 1.82) is 0 Å². The summed E-state index contributed by atoms with van der Waals surface area (Å²) in [5, 5.41) is 0. The van der Waals surface area contributed by atoms with Crippen LogP contribution in [0.3, 0.4) is 0 Å². The van der Waals surface area contributed by atoms with Gasteiger partial charge < -0.3 is 9.64 Å². The van der Waals surface area contributed by atoms with Crippen LogP contribution in [0.15, 0.2) is 0 Å². The monoisotopic (exact) mass is 159 g/mol. The molecule has 0 spiro atoms. The SMILES string of the molecule is COC1CCN(C=S)CC1. The fourth-order valence-corrected chi connectivity index (χ4v) is 1.43. The lowest BCUT2D eigenvalue weighted by molar-refractivity contribution is 0.0592. The van der Waals surface area contributed by atoms with Gasteiger partial charge in [0.25, 0.3) is 0 Å². The Balaban J connectivity index is 2.23. The van der Waals surface area contributed by atoms with Gasteiger partial charge in [0.15, 0.2) is 0 Å². The number of nitrogens with zero attached hydrogens (tertiary/aromatic N) is 1. The van der Waals surface area contributed by atoms with Crippen LogP contribution < -0.4 is 0 Å². The van der Waals surface area contributed by atoms with Gasteiger partial charge in [0, 0.05) is 20.2 Å². The van der Waals surface area contributed by atoms with Crippen LogP contribution in [0.5, 0.6) is 0 Å². The largest absolute Gasteiger partial charge is 0.381 e. The smallest absolute Gasteiger partial charge is 0.0640 e. The molecule has 0 saturated carbocycles. The Hall–Kier alpha value is -0.150. The van der Waals surface area contributed by atoms with Crippen molar-refractivity contribution in [1.82, 2.24) is 4.90 Å². The van der Waals surface area contributed by atoms with Crippen molar-refractivity contribution in [3.8, 4) is 0 Å². The molecule has 0 N–H and O–H groups in total. The highest BCUT2D eigenvalue weighted by Crippen LogP contribution is 2.10. The highest BCUT2D eigenvalue weighted by Gasteiger charge is 2.15. The third-order valence-electron chi connectivity index (χ3n) is 1.96. The number of methoxy groups -OCH3 is 1. The number of ether oxygens (including phenoxy) is 1. The van der Waals surface area contributed by atoms with E-state index in [-0.39, 0.29) is 0 Å². The van der Waals surface area contributed by atoms with E-state index in [1.54, 1.807) is 12.6 Å². The zero-order valence-electron chi connectivity index (χ0n) is 6.25. The van der Waals surface area contributed by atoms with Gasteiger partial charge in [0.1, 0.15) is 0 Å². The van der Waals surface area contributed by atoms with Crippen LogP contribution in [0.4, 0.5) is 0 Å². The molecule has 1 rings (SSSR count). The summed E-state index contributed by atoms with van der Waals surface area (Å²) in [5.41, 5.74) is 1.74. The molecule has 0 aromatic heterocycles. The van der Waals surface area contributed by atoms with Crippen molar-refractivity contribution in [3.05, 3.63) is 0 Å². The molecule has 0 atom stereocenters. The number of hydrogen-bond donors (Lipinski definition) is 0. The Morgan fingerprint density at radius 2 is 2.10 bits per heavy atom. The van der Waals surface area contributed by atoms with E-state index in [0.717, 1.165) is 25.9 Å². The quantitative estimate of drug-likeness (QED) is 0.559. The number of piperidine rings is 1. The van der Waals surface area contributed by atoms with E-state index in [9.17, 15) is 0 Å². The summed E-state index contributed by atoms with van der Waals surface area (Å²) < 4.78 is 5.21. The van der Waals surface area contributed by atoms with Crippen LogP contribution in [0.2, 0.25) is 0 Å². The Labute approximate surface area is 67.2 Å². The third-order valence-corrected chi connectivity index (χ3v) is 2.26. The lowest BCUT2D eigenvalue weighted by Crippen LogP contribution is -2.35. The summed E-state index contributed by atoms with van der Waals surface area (Å²) >= 11 is 4.81. The lowest BCUT2D eigenvalue weighted by atomic mass is 10.1. The second-order valence-corrected chi connectivity index (χ2v) is 2.79. The minimum absolute atomic E-state index is 0.464. The van der Waals surface area contributed by atoms with E-state index >= 15 is 0 Å². The van der Waals surface area contributed by atoms with Gasteiger partial charge in [-0.25, -0.2) is 0 Å². The van der Waals surface area contributed by atoms with Gasteiger partial charge >= 0.3 is 0 Å². The first-order valence-electron chi connectivity index (χ1n) is 3.59. The Bertz CT molecular complexity index is 110. The van der Waals surface area contributed by atoms with Gasteiger partial charge in [-0.1, -0.05) is 12.2 Å². The molecule has 3 heteroatoms. The minimum atomic E-state index is 0.464. The molecule has 0 amide bonds. The minimum Gasteiger partial charge on any atom is -0.381 e. The summed E-state index contributed by atoms with van der Waals surface area (Å²) in [7, 11) is 1.78. The summed E-state index contributed by atoms with van der Waals surface area (Å²) in [6, 6.07) is 0. The van der Waals surface area contributed by atoms with Crippen LogP contribution in [0.1, 0.15) is 12.8 Å². The van der Waals surface area contributed by atoms with Crippen molar-refractivity contribution < 1.29 is 4.74 Å². The molecule has 1 saturated heterocycles. The lowest BCUT2D eigenvalue weighted by Gasteiger charge is -2.29. The first-order valence-corrected chi connectivity index (χ1v) is 4.06. The number of thiocarbonyl (C=S) groups is 1. The fourth-order valence-electron chi connectivity index (χ4n) is 1.22. The average Bonchev–Trinajstić information content (AvgIpc) is 2.05. The molecule has 0 radical (unpaired) electrons. The molecule has 0 aromatic rings. The predicted octanol–water partition coefficient (Wildman–Crippen LogP) is 1.05. The third kappa shape index (κ3) is 1.92. The van der Waals surface area contributed by atoms with Gasteiger partial charge in [-0.2, -0.15) is 0 Å². The molecule has 10 heavy (non-hydrogen) atoms. The van der Waals surface area contributed by atoms with Crippen molar-refractivity contribution in [2.45, 2.75) is 18.9 Å². The van der Waals surface area contributed by atoms with E-state index < -0.39 is 0 Å². The molecule has 0 aliphatic carbocycles. The number of hydrogen-bond acceptors (Lipinski definition) is 2. The number of rotatable bonds is 2. The van der Waals surface area contributed by atoms with Gasteiger partial charge in [-0.3, -0.25) is 0 Å². The molecule has 0 unspecified atom stereocenters. The Morgan fingerprint density at radius 3 is 2.50 bits per heavy atom. The van der Waals surface area contributed by atoms with Gasteiger partial charge in [-0.05, 0) is 12.8 Å². The van der Waals surface area contributed by atoms with E-state index in [1.807, 2.05) is 0 Å². The molecular formula is C7H13NOS. The van der Waals surface area contributed by atoms with Crippen LogP contribution in [-0.2, 0) is 4.74 Å². The molecular weight excluding hydrogens is 146 g/mol. The number of likely N-dealkylation sites (tertiary alicyclic amines) is 1.